The maximum absolute atomic E-state index is 13.0. The summed E-state index contributed by atoms with van der Waals surface area (Å²) in [7, 11) is 0. The van der Waals surface area contributed by atoms with Crippen molar-refractivity contribution < 1.29 is 14.3 Å². The molecule has 0 unspecified atom stereocenters. The Hall–Kier alpha value is -3.24. The van der Waals surface area contributed by atoms with Crippen LogP contribution in [0.25, 0.3) is 10.9 Å². The predicted octanol–water partition coefficient (Wildman–Crippen LogP) is 4.04. The maximum Gasteiger partial charge on any atom is 0.237 e. The molecule has 4 rings (SSSR count). The third-order valence-corrected chi connectivity index (χ3v) is 5.42. The molecular weight excluding hydrogens is 386 g/mol. The molecule has 1 aliphatic heterocycles. The van der Waals surface area contributed by atoms with Crippen LogP contribution in [0.2, 0.25) is 0 Å². The third-order valence-electron chi connectivity index (χ3n) is 4.50. The predicted molar refractivity (Wildman–Crippen MR) is 112 cm³/mol. The highest BCUT2D eigenvalue weighted by Crippen LogP contribution is 2.34. The molecule has 1 aliphatic rings. The van der Waals surface area contributed by atoms with Crippen molar-refractivity contribution in [1.29, 1.82) is 5.26 Å². The average Bonchev–Trinajstić information content (AvgIpc) is 2.77. The lowest BCUT2D eigenvalue weighted by atomic mass is 10.2. The number of hydrogen-bond donors (Lipinski definition) is 0. The van der Waals surface area contributed by atoms with E-state index in [4.69, 9.17) is 14.7 Å². The number of hydrogen-bond acceptors (Lipinski definition) is 6. The molecule has 6 nitrogen and oxygen atoms in total. The van der Waals surface area contributed by atoms with Crippen molar-refractivity contribution in [2.24, 2.45) is 0 Å². The monoisotopic (exact) mass is 405 g/mol. The number of carbonyl (C=O) groups excluding carboxylic acids is 1. The Labute approximate surface area is 173 Å². The number of aromatic nitrogens is 1. The van der Waals surface area contributed by atoms with E-state index in [9.17, 15) is 4.79 Å². The van der Waals surface area contributed by atoms with Crippen LogP contribution in [0.15, 0.2) is 59.6 Å². The largest absolute Gasteiger partial charge is 0.486 e. The second-order valence-corrected chi connectivity index (χ2v) is 7.41. The van der Waals surface area contributed by atoms with Gasteiger partial charge in [-0.3, -0.25) is 4.79 Å². The number of amides is 1. The first-order chi connectivity index (χ1) is 14.2. The van der Waals surface area contributed by atoms with Crippen molar-refractivity contribution in [3.63, 3.8) is 0 Å². The van der Waals surface area contributed by atoms with Crippen molar-refractivity contribution in [1.82, 2.24) is 4.98 Å². The van der Waals surface area contributed by atoms with E-state index in [0.29, 0.717) is 36.9 Å². The molecule has 146 valence electrons. The van der Waals surface area contributed by atoms with E-state index in [2.05, 4.69) is 11.1 Å². The fraction of sp³-hybridized carbons (Fsp3) is 0.227. The van der Waals surface area contributed by atoms with E-state index in [1.165, 1.54) is 11.8 Å². The standard InChI is InChI=1S/C22H19N3O3S/c23-10-3-11-25(17-7-8-19-20(14-17)28-13-12-27-19)22(26)15-29-21-9-6-16-4-1-2-5-18(16)24-21/h1-2,4-9,14H,3,11-13,15H2. The lowest BCUT2D eigenvalue weighted by Gasteiger charge is -2.24. The molecule has 0 saturated carbocycles. The summed E-state index contributed by atoms with van der Waals surface area (Å²) >= 11 is 1.39. The minimum Gasteiger partial charge on any atom is -0.486 e. The van der Waals surface area contributed by atoms with Crippen molar-refractivity contribution in [3.8, 4) is 17.6 Å². The van der Waals surface area contributed by atoms with E-state index >= 15 is 0 Å². The maximum atomic E-state index is 13.0. The Morgan fingerprint density at radius 3 is 2.79 bits per heavy atom. The molecule has 0 radical (unpaired) electrons. The quantitative estimate of drug-likeness (QED) is 0.576. The molecular formula is C22H19N3O3S. The van der Waals surface area contributed by atoms with Gasteiger partial charge in [-0.1, -0.05) is 36.0 Å². The number of rotatable bonds is 6. The van der Waals surface area contributed by atoms with Crippen LogP contribution >= 0.6 is 11.8 Å². The number of anilines is 1. The zero-order chi connectivity index (χ0) is 20.1. The summed E-state index contributed by atoms with van der Waals surface area (Å²) in [4.78, 5) is 19.2. The highest BCUT2D eigenvalue weighted by Gasteiger charge is 2.20. The molecule has 0 fully saturated rings. The van der Waals surface area contributed by atoms with Crippen LogP contribution in [0.3, 0.4) is 0 Å². The molecule has 0 saturated heterocycles. The van der Waals surface area contributed by atoms with Gasteiger partial charge in [0.25, 0.3) is 0 Å². The second kappa shape index (κ2) is 8.84. The van der Waals surface area contributed by atoms with E-state index < -0.39 is 0 Å². The SMILES string of the molecule is N#CCCN(C(=O)CSc1ccc2ccccc2n1)c1ccc2c(c1)OCCO2. The van der Waals surface area contributed by atoms with Crippen LogP contribution in [0.5, 0.6) is 11.5 Å². The Balaban J connectivity index is 1.50. The fourth-order valence-corrected chi connectivity index (χ4v) is 3.86. The third kappa shape index (κ3) is 4.44. The van der Waals surface area contributed by atoms with Gasteiger partial charge in [0, 0.05) is 23.7 Å². The zero-order valence-electron chi connectivity index (χ0n) is 15.7. The summed E-state index contributed by atoms with van der Waals surface area (Å²) in [6.07, 6.45) is 0.249. The molecule has 29 heavy (non-hydrogen) atoms. The molecule has 0 bridgehead atoms. The summed E-state index contributed by atoms with van der Waals surface area (Å²) in [6.45, 7) is 1.31. The topological polar surface area (TPSA) is 75.5 Å². The minimum absolute atomic E-state index is 0.0862. The van der Waals surface area contributed by atoms with Crippen molar-refractivity contribution in [3.05, 3.63) is 54.6 Å². The summed E-state index contributed by atoms with van der Waals surface area (Å²) in [6, 6.07) is 19.3. The number of fused-ring (bicyclic) bond motifs is 2. The first kappa shape index (κ1) is 19.1. The zero-order valence-corrected chi connectivity index (χ0v) is 16.5. The number of para-hydroxylation sites is 1. The summed E-state index contributed by atoms with van der Waals surface area (Å²) in [5, 5.41) is 10.9. The fourth-order valence-electron chi connectivity index (χ4n) is 3.10. The van der Waals surface area contributed by atoms with Crippen molar-refractivity contribution in [2.75, 3.05) is 30.4 Å². The number of nitrogens with zero attached hydrogens (tertiary/aromatic N) is 3. The van der Waals surface area contributed by atoms with Gasteiger partial charge in [0.15, 0.2) is 11.5 Å². The van der Waals surface area contributed by atoms with Crippen molar-refractivity contribution >= 4 is 34.3 Å². The first-order valence-electron chi connectivity index (χ1n) is 9.30. The molecule has 1 amide bonds. The molecule has 7 heteroatoms. The molecule has 1 aromatic heterocycles. The number of nitriles is 1. The average molecular weight is 405 g/mol. The minimum atomic E-state index is -0.0862. The molecule has 2 heterocycles. The lowest BCUT2D eigenvalue weighted by molar-refractivity contribution is -0.116. The molecule has 0 N–H and O–H groups in total. The number of thioether (sulfide) groups is 1. The number of pyridine rings is 1. The van der Waals surface area contributed by atoms with Crippen LogP contribution in [0.4, 0.5) is 5.69 Å². The van der Waals surface area contributed by atoms with Crippen LogP contribution in [-0.4, -0.2) is 36.4 Å². The number of ether oxygens (including phenoxy) is 2. The van der Waals surface area contributed by atoms with Gasteiger partial charge in [-0.25, -0.2) is 4.98 Å². The Kier molecular flexibility index (Phi) is 5.82. The van der Waals surface area contributed by atoms with Crippen LogP contribution in [0.1, 0.15) is 6.42 Å². The van der Waals surface area contributed by atoms with E-state index in [-0.39, 0.29) is 18.1 Å². The van der Waals surface area contributed by atoms with Gasteiger partial charge in [0.05, 0.1) is 28.8 Å². The van der Waals surface area contributed by atoms with Crippen LogP contribution < -0.4 is 14.4 Å². The first-order valence-corrected chi connectivity index (χ1v) is 10.3. The molecule has 0 aliphatic carbocycles. The number of benzene rings is 2. The van der Waals surface area contributed by atoms with Crippen LogP contribution in [-0.2, 0) is 4.79 Å². The molecule has 0 spiro atoms. The van der Waals surface area contributed by atoms with Crippen LogP contribution in [0, 0.1) is 11.3 Å². The van der Waals surface area contributed by atoms with Gasteiger partial charge in [-0.15, -0.1) is 0 Å². The summed E-state index contributed by atoms with van der Waals surface area (Å²) < 4.78 is 11.2. The van der Waals surface area contributed by atoms with Gasteiger partial charge in [0.2, 0.25) is 5.91 Å². The molecule has 2 aromatic carbocycles. The van der Waals surface area contributed by atoms with Gasteiger partial charge in [-0.2, -0.15) is 5.26 Å². The van der Waals surface area contributed by atoms with Gasteiger partial charge in [0.1, 0.15) is 13.2 Å². The normalized spacial score (nSPS) is 12.4. The summed E-state index contributed by atoms with van der Waals surface area (Å²) in [5.74, 6) is 1.43. The lowest BCUT2D eigenvalue weighted by Crippen LogP contribution is -2.33. The smallest absolute Gasteiger partial charge is 0.237 e. The van der Waals surface area contributed by atoms with Gasteiger partial charge < -0.3 is 14.4 Å². The van der Waals surface area contributed by atoms with E-state index in [1.54, 1.807) is 17.0 Å². The second-order valence-electron chi connectivity index (χ2n) is 6.41. The number of carbonyl (C=O) groups is 1. The van der Waals surface area contributed by atoms with Crippen molar-refractivity contribution in [2.45, 2.75) is 11.4 Å². The summed E-state index contributed by atoms with van der Waals surface area (Å²) in [5.41, 5.74) is 1.60. The highest BCUT2D eigenvalue weighted by atomic mass is 32.2. The molecule has 3 aromatic rings. The van der Waals surface area contributed by atoms with Gasteiger partial charge in [-0.05, 0) is 24.3 Å². The Bertz CT molecular complexity index is 1080. The Morgan fingerprint density at radius 2 is 1.93 bits per heavy atom. The molecule has 0 atom stereocenters. The Morgan fingerprint density at radius 1 is 1.10 bits per heavy atom. The highest BCUT2D eigenvalue weighted by molar-refractivity contribution is 7.99. The van der Waals surface area contributed by atoms with Gasteiger partial charge >= 0.3 is 0 Å². The van der Waals surface area contributed by atoms with E-state index in [1.807, 2.05) is 42.5 Å². The van der Waals surface area contributed by atoms with E-state index in [0.717, 1.165) is 15.9 Å².